The van der Waals surface area contributed by atoms with Gasteiger partial charge in [0.2, 0.25) is 6.08 Å². The van der Waals surface area contributed by atoms with Gasteiger partial charge in [-0.3, -0.25) is 0 Å². The Hall–Kier alpha value is -2.96. The summed E-state index contributed by atoms with van der Waals surface area (Å²) < 4.78 is 0. The van der Waals surface area contributed by atoms with E-state index in [2.05, 4.69) is 23.2 Å². The number of aliphatic imine (C=N–C) groups is 1. The molecule has 2 heteroatoms. The summed E-state index contributed by atoms with van der Waals surface area (Å²) in [5.41, 5.74) is 4.83. The van der Waals surface area contributed by atoms with Crippen LogP contribution in [0, 0.1) is 0 Å². The smallest absolute Gasteiger partial charge is 0.211 e. The zero-order chi connectivity index (χ0) is 14.5. The average molecular weight is 271 g/mol. The van der Waals surface area contributed by atoms with E-state index in [4.69, 9.17) is 0 Å². The lowest BCUT2D eigenvalue weighted by molar-refractivity contribution is 0.565. The Balaban J connectivity index is 2.18. The van der Waals surface area contributed by atoms with E-state index in [-0.39, 0.29) is 0 Å². The normalized spacial score (nSPS) is 9.90. The van der Waals surface area contributed by atoms with E-state index in [0.717, 1.165) is 22.3 Å². The molecule has 0 saturated carbocycles. The van der Waals surface area contributed by atoms with Gasteiger partial charge in [0.15, 0.2) is 0 Å². The number of isocyanates is 1. The predicted octanol–water partition coefficient (Wildman–Crippen LogP) is 4.99. The number of benzene rings is 3. The molecule has 0 aliphatic carbocycles. The molecule has 2 nitrogen and oxygen atoms in total. The Kier molecular flexibility index (Phi) is 3.72. The van der Waals surface area contributed by atoms with Gasteiger partial charge in [-0.15, -0.1) is 0 Å². The summed E-state index contributed by atoms with van der Waals surface area (Å²) in [6, 6.07) is 25.9. The molecule has 3 aromatic rings. The molecule has 0 aromatic heterocycles. The first kappa shape index (κ1) is 13.0. The summed E-state index contributed by atoms with van der Waals surface area (Å²) in [7, 11) is 0. The fraction of sp³-hybridized carbons (Fsp3) is 0. The second kappa shape index (κ2) is 6.00. The largest absolute Gasteiger partial charge is 0.240 e. The molecule has 0 aliphatic rings. The molecule has 0 heterocycles. The molecule has 0 spiro atoms. The van der Waals surface area contributed by atoms with Crippen molar-refractivity contribution in [2.24, 2.45) is 4.99 Å². The molecule has 3 aromatic carbocycles. The van der Waals surface area contributed by atoms with E-state index < -0.39 is 0 Å². The third-order valence-corrected chi connectivity index (χ3v) is 3.35. The van der Waals surface area contributed by atoms with Crippen LogP contribution in [0.4, 0.5) is 5.69 Å². The van der Waals surface area contributed by atoms with Crippen molar-refractivity contribution >= 4 is 11.8 Å². The monoisotopic (exact) mass is 271 g/mol. The maximum absolute atomic E-state index is 10.6. The molecular formula is C19H13NO. The molecule has 0 fully saturated rings. The molecular weight excluding hydrogens is 258 g/mol. The quantitative estimate of drug-likeness (QED) is 0.487. The van der Waals surface area contributed by atoms with Crippen LogP contribution in [0.25, 0.3) is 22.3 Å². The van der Waals surface area contributed by atoms with E-state index in [1.807, 2.05) is 60.7 Å². The fourth-order valence-corrected chi connectivity index (χ4v) is 2.34. The molecule has 0 unspecified atom stereocenters. The van der Waals surface area contributed by atoms with Gasteiger partial charge in [0, 0.05) is 5.56 Å². The first-order valence-corrected chi connectivity index (χ1v) is 6.71. The van der Waals surface area contributed by atoms with Crippen LogP contribution in [0.3, 0.4) is 0 Å². The van der Waals surface area contributed by atoms with E-state index >= 15 is 0 Å². The summed E-state index contributed by atoms with van der Waals surface area (Å²) in [4.78, 5) is 14.4. The lowest BCUT2D eigenvalue weighted by Gasteiger charge is -2.08. The highest BCUT2D eigenvalue weighted by Gasteiger charge is 2.07. The van der Waals surface area contributed by atoms with Crippen molar-refractivity contribution in [3.63, 3.8) is 0 Å². The zero-order valence-corrected chi connectivity index (χ0v) is 11.4. The summed E-state index contributed by atoms with van der Waals surface area (Å²) in [6.45, 7) is 0. The maximum Gasteiger partial charge on any atom is 0.240 e. The maximum atomic E-state index is 10.6. The van der Waals surface area contributed by atoms with Gasteiger partial charge in [-0.05, 0) is 28.8 Å². The van der Waals surface area contributed by atoms with Crippen molar-refractivity contribution in [2.45, 2.75) is 0 Å². The van der Waals surface area contributed by atoms with Gasteiger partial charge in [0.1, 0.15) is 0 Å². The van der Waals surface area contributed by atoms with Crippen molar-refractivity contribution in [1.82, 2.24) is 0 Å². The van der Waals surface area contributed by atoms with Crippen molar-refractivity contribution in [1.29, 1.82) is 0 Å². The first-order chi connectivity index (χ1) is 10.4. The zero-order valence-electron chi connectivity index (χ0n) is 11.4. The molecule has 21 heavy (non-hydrogen) atoms. The summed E-state index contributed by atoms with van der Waals surface area (Å²) in [6.07, 6.45) is 1.63. The van der Waals surface area contributed by atoms with Crippen LogP contribution in [0.2, 0.25) is 0 Å². The summed E-state index contributed by atoms with van der Waals surface area (Å²) in [5, 5.41) is 0. The predicted molar refractivity (Wildman–Crippen MR) is 85.1 cm³/mol. The second-order valence-electron chi connectivity index (χ2n) is 4.67. The minimum absolute atomic E-state index is 0.635. The SMILES string of the molecule is O=C=Nc1ccc(-c2ccccc2)cc1-c1ccccc1. The van der Waals surface area contributed by atoms with E-state index in [1.54, 1.807) is 6.08 Å². The minimum atomic E-state index is 0.635. The fourth-order valence-electron chi connectivity index (χ4n) is 2.34. The number of hydrogen-bond donors (Lipinski definition) is 0. The minimum Gasteiger partial charge on any atom is -0.211 e. The summed E-state index contributed by atoms with van der Waals surface area (Å²) >= 11 is 0. The Labute approximate surface area is 123 Å². The Bertz CT molecular complexity index is 788. The molecule has 0 N–H and O–H groups in total. The molecule has 0 saturated heterocycles. The highest BCUT2D eigenvalue weighted by Crippen LogP contribution is 2.34. The van der Waals surface area contributed by atoms with Crippen LogP contribution in [0.15, 0.2) is 83.9 Å². The Morgan fingerprint density at radius 1 is 0.667 bits per heavy atom. The number of rotatable bonds is 3. The van der Waals surface area contributed by atoms with Crippen molar-refractivity contribution in [3.05, 3.63) is 78.9 Å². The van der Waals surface area contributed by atoms with Crippen LogP contribution < -0.4 is 0 Å². The van der Waals surface area contributed by atoms with Gasteiger partial charge in [-0.2, -0.15) is 4.99 Å². The average Bonchev–Trinajstić information content (AvgIpc) is 2.57. The van der Waals surface area contributed by atoms with E-state index in [1.165, 1.54) is 0 Å². The van der Waals surface area contributed by atoms with Crippen LogP contribution >= 0.6 is 0 Å². The van der Waals surface area contributed by atoms with Crippen LogP contribution in [-0.2, 0) is 4.79 Å². The third-order valence-electron chi connectivity index (χ3n) is 3.35. The third kappa shape index (κ3) is 2.81. The van der Waals surface area contributed by atoms with Gasteiger partial charge >= 0.3 is 0 Å². The van der Waals surface area contributed by atoms with Gasteiger partial charge in [0.25, 0.3) is 0 Å². The molecule has 3 rings (SSSR count). The highest BCUT2D eigenvalue weighted by atomic mass is 16.1. The molecule has 0 aliphatic heterocycles. The highest BCUT2D eigenvalue weighted by molar-refractivity contribution is 5.82. The first-order valence-electron chi connectivity index (χ1n) is 6.71. The number of carbonyl (C=O) groups excluding carboxylic acids is 1. The van der Waals surface area contributed by atoms with Crippen molar-refractivity contribution in [2.75, 3.05) is 0 Å². The van der Waals surface area contributed by atoms with Crippen molar-refractivity contribution in [3.8, 4) is 22.3 Å². The standard InChI is InChI=1S/C19H13NO/c21-14-20-19-12-11-17(15-7-3-1-4-8-15)13-18(19)16-9-5-2-6-10-16/h1-13H. The summed E-state index contributed by atoms with van der Waals surface area (Å²) in [5.74, 6) is 0. The Morgan fingerprint density at radius 2 is 1.29 bits per heavy atom. The number of nitrogens with zero attached hydrogens (tertiary/aromatic N) is 1. The van der Waals surface area contributed by atoms with Gasteiger partial charge < -0.3 is 0 Å². The molecule has 0 bridgehead atoms. The van der Waals surface area contributed by atoms with Crippen LogP contribution in [0.1, 0.15) is 0 Å². The van der Waals surface area contributed by atoms with Crippen LogP contribution in [-0.4, -0.2) is 6.08 Å². The van der Waals surface area contributed by atoms with E-state index in [0.29, 0.717) is 5.69 Å². The molecule has 0 radical (unpaired) electrons. The molecule has 0 atom stereocenters. The lowest BCUT2D eigenvalue weighted by atomic mass is 9.97. The second-order valence-corrected chi connectivity index (χ2v) is 4.67. The topological polar surface area (TPSA) is 29.4 Å². The van der Waals surface area contributed by atoms with Gasteiger partial charge in [-0.25, -0.2) is 4.79 Å². The van der Waals surface area contributed by atoms with E-state index in [9.17, 15) is 4.79 Å². The van der Waals surface area contributed by atoms with Gasteiger partial charge in [-0.1, -0.05) is 66.7 Å². The van der Waals surface area contributed by atoms with Gasteiger partial charge in [0.05, 0.1) is 5.69 Å². The Morgan fingerprint density at radius 3 is 1.90 bits per heavy atom. The molecule has 0 amide bonds. The van der Waals surface area contributed by atoms with Crippen LogP contribution in [0.5, 0.6) is 0 Å². The van der Waals surface area contributed by atoms with Crippen molar-refractivity contribution < 1.29 is 4.79 Å². The number of hydrogen-bond acceptors (Lipinski definition) is 2. The lowest BCUT2D eigenvalue weighted by Crippen LogP contribution is -1.82. The molecule has 100 valence electrons.